The van der Waals surface area contributed by atoms with Crippen LogP contribution < -0.4 is 9.47 Å². The lowest BCUT2D eigenvalue weighted by Crippen LogP contribution is -2.18. The number of ether oxygens (including phenoxy) is 4. The molecule has 0 N–H and O–H groups in total. The van der Waals surface area contributed by atoms with Crippen molar-refractivity contribution >= 4 is 0 Å². The molecule has 0 radical (unpaired) electrons. The normalized spacial score (nSPS) is 13.6. The molecule has 0 spiro atoms. The first-order valence-electron chi connectivity index (χ1n) is 18.8. The van der Waals surface area contributed by atoms with Gasteiger partial charge in [0.05, 0.1) is 25.7 Å². The molecule has 0 aliphatic heterocycles. The number of hydrogen-bond donors (Lipinski definition) is 0. The predicted molar refractivity (Wildman–Crippen MR) is 207 cm³/mol. The first kappa shape index (κ1) is 36.8. The molecule has 0 saturated carbocycles. The van der Waals surface area contributed by atoms with Crippen LogP contribution >= 0.6 is 0 Å². The summed E-state index contributed by atoms with van der Waals surface area (Å²) in [6.07, 6.45) is 15.5. The minimum Gasteiger partial charge on any atom is -0.502 e. The van der Waals surface area contributed by atoms with Crippen LogP contribution in [0.2, 0.25) is 0 Å². The highest BCUT2D eigenvalue weighted by Gasteiger charge is 2.25. The maximum atomic E-state index is 6.09. The lowest BCUT2D eigenvalue weighted by Gasteiger charge is -2.18. The van der Waals surface area contributed by atoms with Gasteiger partial charge in [-0.2, -0.15) is 0 Å². The van der Waals surface area contributed by atoms with Gasteiger partial charge in [-0.05, 0) is 127 Å². The zero-order valence-electron chi connectivity index (χ0n) is 30.3. The standard InChI is InChI=1S/C46H56O4/c1-5-8-11-14-46(48-7-3)50-41-27-21-37(22-28-41)16-18-39-24-30-43-42-29-23-38(33-44(42)35(4)45(43)34-39)17-15-36-19-25-40(26-20-36)49-32-13-10-9-12-31-47-6-2/h6-7,19-30,33-35,46H,2-3,5,8-18,31-32H2,1,4H3. The molecule has 2 unspecified atom stereocenters. The van der Waals surface area contributed by atoms with Crippen molar-refractivity contribution in [2.24, 2.45) is 0 Å². The van der Waals surface area contributed by atoms with Gasteiger partial charge in [0.2, 0.25) is 6.29 Å². The minimum atomic E-state index is -0.281. The number of hydrogen-bond acceptors (Lipinski definition) is 4. The molecule has 0 aromatic heterocycles. The minimum absolute atomic E-state index is 0.281. The second kappa shape index (κ2) is 19.7. The van der Waals surface area contributed by atoms with Gasteiger partial charge >= 0.3 is 0 Å². The molecule has 4 nitrogen and oxygen atoms in total. The second-order valence-electron chi connectivity index (χ2n) is 13.5. The van der Waals surface area contributed by atoms with Crippen molar-refractivity contribution in [2.45, 2.75) is 103 Å². The molecule has 0 heterocycles. The Morgan fingerprint density at radius 1 is 0.600 bits per heavy atom. The highest BCUT2D eigenvalue weighted by molar-refractivity contribution is 5.79. The summed E-state index contributed by atoms with van der Waals surface area (Å²) in [7, 11) is 0. The van der Waals surface area contributed by atoms with E-state index in [-0.39, 0.29) is 6.29 Å². The van der Waals surface area contributed by atoms with Crippen LogP contribution in [-0.2, 0) is 35.2 Å². The van der Waals surface area contributed by atoms with Gasteiger partial charge in [0, 0.05) is 12.3 Å². The molecule has 50 heavy (non-hydrogen) atoms. The van der Waals surface area contributed by atoms with Crippen LogP contribution in [0.15, 0.2) is 111 Å². The summed E-state index contributed by atoms with van der Waals surface area (Å²) >= 11 is 0. The fourth-order valence-corrected chi connectivity index (χ4v) is 6.86. The van der Waals surface area contributed by atoms with E-state index in [4.69, 9.17) is 18.9 Å². The van der Waals surface area contributed by atoms with E-state index in [0.29, 0.717) is 5.92 Å². The van der Waals surface area contributed by atoms with Crippen molar-refractivity contribution in [1.82, 2.24) is 0 Å². The summed E-state index contributed by atoms with van der Waals surface area (Å²) in [5.41, 5.74) is 11.1. The molecule has 1 aliphatic rings. The summed E-state index contributed by atoms with van der Waals surface area (Å²) in [6.45, 7) is 13.4. The van der Waals surface area contributed by atoms with E-state index in [1.54, 1.807) is 0 Å². The number of rotatable bonds is 23. The van der Waals surface area contributed by atoms with Gasteiger partial charge in [-0.25, -0.2) is 0 Å². The molecule has 4 aromatic rings. The molecule has 1 aliphatic carbocycles. The Hall–Kier alpha value is -4.44. The van der Waals surface area contributed by atoms with Gasteiger partial charge in [-0.1, -0.05) is 101 Å². The highest BCUT2D eigenvalue weighted by atomic mass is 16.7. The van der Waals surface area contributed by atoms with Gasteiger partial charge in [-0.3, -0.25) is 0 Å². The quantitative estimate of drug-likeness (QED) is 0.0446. The largest absolute Gasteiger partial charge is 0.502 e. The van der Waals surface area contributed by atoms with Crippen LogP contribution in [0, 0.1) is 0 Å². The Balaban J connectivity index is 1.08. The van der Waals surface area contributed by atoms with Crippen molar-refractivity contribution in [2.75, 3.05) is 13.2 Å². The van der Waals surface area contributed by atoms with Gasteiger partial charge < -0.3 is 18.9 Å². The molecule has 264 valence electrons. The fraction of sp³-hybridized carbons (Fsp3) is 0.391. The molecule has 4 heteroatoms. The van der Waals surface area contributed by atoms with Crippen molar-refractivity contribution < 1.29 is 18.9 Å². The van der Waals surface area contributed by atoms with E-state index in [2.05, 4.69) is 112 Å². The first-order chi connectivity index (χ1) is 24.6. The van der Waals surface area contributed by atoms with Gasteiger partial charge in [0.1, 0.15) is 11.5 Å². The van der Waals surface area contributed by atoms with Crippen LogP contribution in [0.5, 0.6) is 11.5 Å². The summed E-state index contributed by atoms with van der Waals surface area (Å²) in [5, 5.41) is 0. The van der Waals surface area contributed by atoms with Crippen molar-refractivity contribution in [3.05, 3.63) is 144 Å². The van der Waals surface area contributed by atoms with Crippen molar-refractivity contribution in [3.8, 4) is 22.6 Å². The summed E-state index contributed by atoms with van der Waals surface area (Å²) in [6, 6.07) is 31.3. The van der Waals surface area contributed by atoms with Crippen LogP contribution in [0.1, 0.15) is 105 Å². The average molecular weight is 673 g/mol. The molecule has 0 fully saturated rings. The number of fused-ring (bicyclic) bond motifs is 3. The highest BCUT2D eigenvalue weighted by Crippen LogP contribution is 2.45. The van der Waals surface area contributed by atoms with Gasteiger partial charge in [0.15, 0.2) is 0 Å². The summed E-state index contributed by atoms with van der Waals surface area (Å²) in [5.74, 6) is 2.19. The van der Waals surface area contributed by atoms with Crippen LogP contribution in [-0.4, -0.2) is 19.5 Å². The molecule has 2 atom stereocenters. The average Bonchev–Trinajstić information content (AvgIpc) is 3.42. The molecule has 0 saturated heterocycles. The molecule has 5 rings (SSSR count). The van der Waals surface area contributed by atoms with Crippen LogP contribution in [0.4, 0.5) is 0 Å². The number of benzene rings is 4. The lowest BCUT2D eigenvalue weighted by molar-refractivity contribution is -0.0359. The zero-order chi connectivity index (χ0) is 35.0. The monoisotopic (exact) mass is 672 g/mol. The van der Waals surface area contributed by atoms with Gasteiger partial charge in [-0.15, -0.1) is 0 Å². The topological polar surface area (TPSA) is 36.9 Å². The molecular weight excluding hydrogens is 617 g/mol. The number of unbranched alkanes of at least 4 members (excludes halogenated alkanes) is 5. The Labute approximate surface area is 301 Å². The number of aryl methyl sites for hydroxylation is 4. The lowest BCUT2D eigenvalue weighted by atomic mass is 9.94. The Morgan fingerprint density at radius 2 is 1.14 bits per heavy atom. The third-order valence-corrected chi connectivity index (χ3v) is 9.81. The van der Waals surface area contributed by atoms with Crippen molar-refractivity contribution in [3.63, 3.8) is 0 Å². The van der Waals surface area contributed by atoms with E-state index < -0.39 is 0 Å². The van der Waals surface area contributed by atoms with Crippen LogP contribution in [0.3, 0.4) is 0 Å². The second-order valence-corrected chi connectivity index (χ2v) is 13.5. The van der Waals surface area contributed by atoms with E-state index in [9.17, 15) is 0 Å². The summed E-state index contributed by atoms with van der Waals surface area (Å²) < 4.78 is 22.8. The van der Waals surface area contributed by atoms with E-state index in [1.165, 1.54) is 69.9 Å². The molecule has 0 bridgehead atoms. The maximum Gasteiger partial charge on any atom is 0.240 e. The van der Waals surface area contributed by atoms with Crippen LogP contribution in [0.25, 0.3) is 11.1 Å². The fourth-order valence-electron chi connectivity index (χ4n) is 6.86. The van der Waals surface area contributed by atoms with Gasteiger partial charge in [0.25, 0.3) is 0 Å². The Morgan fingerprint density at radius 3 is 1.70 bits per heavy atom. The first-order valence-corrected chi connectivity index (χ1v) is 18.8. The molecular formula is C46H56O4. The van der Waals surface area contributed by atoms with E-state index >= 15 is 0 Å². The van der Waals surface area contributed by atoms with E-state index in [0.717, 1.165) is 88.9 Å². The predicted octanol–water partition coefficient (Wildman–Crippen LogP) is 11.9. The molecule has 0 amide bonds. The SMILES string of the molecule is C=COCCCCCCOc1ccc(CCc2ccc3c(c2)C(C)c2cc(CCc4ccc(OC(CCCCC)OC=C)cc4)ccc2-3)cc1. The Kier molecular flexibility index (Phi) is 14.5. The Bertz CT molecular complexity index is 1620. The van der Waals surface area contributed by atoms with E-state index in [1.807, 2.05) is 0 Å². The zero-order valence-corrected chi connectivity index (χ0v) is 30.3. The summed E-state index contributed by atoms with van der Waals surface area (Å²) in [4.78, 5) is 0. The smallest absolute Gasteiger partial charge is 0.240 e. The van der Waals surface area contributed by atoms with Crippen molar-refractivity contribution in [1.29, 1.82) is 0 Å². The molecule has 4 aromatic carbocycles. The third-order valence-electron chi connectivity index (χ3n) is 9.81. The third kappa shape index (κ3) is 10.8. The maximum absolute atomic E-state index is 6.09.